The second kappa shape index (κ2) is 6.78. The number of hydrogen-bond donors (Lipinski definition) is 1. The van der Waals surface area contributed by atoms with E-state index in [9.17, 15) is 18.0 Å². The van der Waals surface area contributed by atoms with Gasteiger partial charge in [-0.2, -0.15) is 18.3 Å². The number of rotatable bonds is 6. The Bertz CT molecular complexity index is 767. The van der Waals surface area contributed by atoms with Crippen LogP contribution in [0.4, 0.5) is 13.2 Å². The molecule has 0 spiro atoms. The van der Waals surface area contributed by atoms with Crippen LogP contribution in [-0.4, -0.2) is 29.3 Å². The normalized spacial score (nSPS) is 14.4. The Kier molecular flexibility index (Phi) is 4.69. The van der Waals surface area contributed by atoms with Gasteiger partial charge >= 0.3 is 6.18 Å². The Morgan fingerprint density at radius 3 is 2.72 bits per heavy atom. The average Bonchev–Trinajstić information content (AvgIpc) is 3.33. The average molecular weight is 353 g/mol. The molecule has 2 aromatic rings. The second-order valence-corrected chi connectivity index (χ2v) is 5.91. The number of ether oxygens (including phenoxy) is 1. The molecular weight excluding hydrogens is 335 g/mol. The lowest BCUT2D eigenvalue weighted by Crippen LogP contribution is -2.28. The van der Waals surface area contributed by atoms with Gasteiger partial charge in [-0.05, 0) is 31.0 Å². The molecular formula is C17H18F3N3O2. The van der Waals surface area contributed by atoms with E-state index in [0.29, 0.717) is 17.0 Å². The molecule has 1 saturated carbocycles. The highest BCUT2D eigenvalue weighted by Gasteiger charge is 2.37. The quantitative estimate of drug-likeness (QED) is 0.868. The molecule has 134 valence electrons. The zero-order chi connectivity index (χ0) is 18.0. The van der Waals surface area contributed by atoms with Gasteiger partial charge in [-0.3, -0.25) is 9.48 Å². The highest BCUT2D eigenvalue weighted by Crippen LogP contribution is 2.42. The van der Waals surface area contributed by atoms with E-state index in [1.54, 1.807) is 24.3 Å². The van der Waals surface area contributed by atoms with Crippen molar-refractivity contribution in [3.63, 3.8) is 0 Å². The Labute approximate surface area is 142 Å². The highest BCUT2D eigenvalue weighted by atomic mass is 19.4. The summed E-state index contributed by atoms with van der Waals surface area (Å²) in [6, 6.07) is 7.87. The lowest BCUT2D eigenvalue weighted by molar-refractivity contribution is -0.141. The van der Waals surface area contributed by atoms with Crippen molar-refractivity contribution in [3.05, 3.63) is 47.3 Å². The molecule has 0 aliphatic heterocycles. The maximum absolute atomic E-state index is 12.9. The molecule has 1 aromatic carbocycles. The molecule has 8 heteroatoms. The number of amides is 1. The summed E-state index contributed by atoms with van der Waals surface area (Å²) in [5, 5.41) is 6.36. The zero-order valence-electron chi connectivity index (χ0n) is 13.6. The van der Waals surface area contributed by atoms with Gasteiger partial charge in [0.1, 0.15) is 5.75 Å². The first kappa shape index (κ1) is 17.3. The molecule has 5 nitrogen and oxygen atoms in total. The van der Waals surface area contributed by atoms with Crippen molar-refractivity contribution < 1.29 is 22.7 Å². The summed E-state index contributed by atoms with van der Waals surface area (Å²) in [5.41, 5.74) is 0.0770. The number of para-hydroxylation sites is 1. The monoisotopic (exact) mass is 353 g/mol. The SMILES string of the molecule is COc1ccccc1C(=O)NCCn1nc(C(F)(F)F)cc1C1CC1. The van der Waals surface area contributed by atoms with Crippen molar-refractivity contribution in [1.29, 1.82) is 0 Å². The van der Waals surface area contributed by atoms with E-state index < -0.39 is 11.9 Å². The van der Waals surface area contributed by atoms with Crippen LogP contribution in [0.1, 0.15) is 40.5 Å². The summed E-state index contributed by atoms with van der Waals surface area (Å²) < 4.78 is 45.1. The maximum Gasteiger partial charge on any atom is 0.435 e. The topological polar surface area (TPSA) is 56.1 Å². The Hall–Kier alpha value is -2.51. The summed E-state index contributed by atoms with van der Waals surface area (Å²) in [6.07, 6.45) is -2.72. The van der Waals surface area contributed by atoms with E-state index in [2.05, 4.69) is 10.4 Å². The second-order valence-electron chi connectivity index (χ2n) is 5.91. The molecule has 1 amide bonds. The minimum Gasteiger partial charge on any atom is -0.496 e. The van der Waals surface area contributed by atoms with E-state index in [0.717, 1.165) is 18.9 Å². The van der Waals surface area contributed by atoms with Crippen LogP contribution in [0.2, 0.25) is 0 Å². The molecule has 0 unspecified atom stereocenters. The van der Waals surface area contributed by atoms with Crippen LogP contribution < -0.4 is 10.1 Å². The number of carbonyl (C=O) groups is 1. The maximum atomic E-state index is 12.9. The van der Waals surface area contributed by atoms with Gasteiger partial charge in [0.15, 0.2) is 5.69 Å². The third-order valence-electron chi connectivity index (χ3n) is 4.06. The van der Waals surface area contributed by atoms with Crippen molar-refractivity contribution in [1.82, 2.24) is 15.1 Å². The Morgan fingerprint density at radius 1 is 1.36 bits per heavy atom. The van der Waals surface area contributed by atoms with Crippen molar-refractivity contribution in [2.24, 2.45) is 0 Å². The summed E-state index contributed by atoms with van der Waals surface area (Å²) in [5.74, 6) is 0.235. The van der Waals surface area contributed by atoms with Crippen LogP contribution in [0.25, 0.3) is 0 Å². The van der Waals surface area contributed by atoms with Crippen molar-refractivity contribution in [2.45, 2.75) is 31.5 Å². The van der Waals surface area contributed by atoms with Crippen LogP contribution in [0.15, 0.2) is 30.3 Å². The number of hydrogen-bond acceptors (Lipinski definition) is 3. The standard InChI is InChI=1S/C17H18F3N3O2/c1-25-14-5-3-2-4-12(14)16(24)21-8-9-23-13(11-6-7-11)10-15(22-23)17(18,19)20/h2-5,10-11H,6-9H2,1H3,(H,21,24). The molecule has 1 aromatic heterocycles. The van der Waals surface area contributed by atoms with Gasteiger partial charge in [0.05, 0.1) is 19.2 Å². The molecule has 0 bridgehead atoms. The van der Waals surface area contributed by atoms with Gasteiger partial charge in [-0.25, -0.2) is 0 Å². The fourth-order valence-corrected chi connectivity index (χ4v) is 2.66. The summed E-state index contributed by atoms with van der Waals surface area (Å²) in [6.45, 7) is 0.360. The number of aromatic nitrogens is 2. The van der Waals surface area contributed by atoms with Gasteiger partial charge in [-0.1, -0.05) is 12.1 Å². The van der Waals surface area contributed by atoms with Crippen molar-refractivity contribution in [2.75, 3.05) is 13.7 Å². The first-order valence-electron chi connectivity index (χ1n) is 7.96. The lowest BCUT2D eigenvalue weighted by Gasteiger charge is -2.10. The van der Waals surface area contributed by atoms with Crippen LogP contribution in [0.3, 0.4) is 0 Å². The molecule has 1 heterocycles. The van der Waals surface area contributed by atoms with Crippen LogP contribution in [-0.2, 0) is 12.7 Å². The van der Waals surface area contributed by atoms with Gasteiger partial charge in [0.2, 0.25) is 0 Å². The van der Waals surface area contributed by atoms with Crippen molar-refractivity contribution in [3.8, 4) is 5.75 Å². The van der Waals surface area contributed by atoms with Gasteiger partial charge in [0.25, 0.3) is 5.91 Å². The number of carbonyl (C=O) groups excluding carboxylic acids is 1. The lowest BCUT2D eigenvalue weighted by atomic mass is 10.2. The molecule has 0 radical (unpaired) electrons. The van der Waals surface area contributed by atoms with Crippen LogP contribution >= 0.6 is 0 Å². The van der Waals surface area contributed by atoms with Gasteiger partial charge < -0.3 is 10.1 Å². The van der Waals surface area contributed by atoms with Crippen LogP contribution in [0, 0.1) is 0 Å². The summed E-state index contributed by atoms with van der Waals surface area (Å²) >= 11 is 0. The minimum atomic E-state index is -4.46. The number of methoxy groups -OCH3 is 1. The molecule has 0 atom stereocenters. The van der Waals surface area contributed by atoms with Gasteiger partial charge in [0, 0.05) is 18.2 Å². The molecule has 25 heavy (non-hydrogen) atoms. The Morgan fingerprint density at radius 2 is 2.08 bits per heavy atom. The number of nitrogens with one attached hydrogen (secondary N) is 1. The number of benzene rings is 1. The van der Waals surface area contributed by atoms with Gasteiger partial charge in [-0.15, -0.1) is 0 Å². The van der Waals surface area contributed by atoms with Crippen molar-refractivity contribution >= 4 is 5.91 Å². The molecule has 1 aliphatic carbocycles. The van der Waals surface area contributed by atoms with E-state index in [1.165, 1.54) is 11.8 Å². The largest absolute Gasteiger partial charge is 0.496 e. The van der Waals surface area contributed by atoms with E-state index in [-0.39, 0.29) is 24.9 Å². The van der Waals surface area contributed by atoms with E-state index >= 15 is 0 Å². The fourth-order valence-electron chi connectivity index (χ4n) is 2.66. The number of nitrogens with zero attached hydrogens (tertiary/aromatic N) is 2. The molecule has 1 aliphatic rings. The Balaban J connectivity index is 1.66. The predicted octanol–water partition coefficient (Wildman–Crippen LogP) is 3.22. The molecule has 1 fully saturated rings. The van der Waals surface area contributed by atoms with E-state index in [1.807, 2.05) is 0 Å². The third-order valence-corrected chi connectivity index (χ3v) is 4.06. The molecule has 0 saturated heterocycles. The predicted molar refractivity (Wildman–Crippen MR) is 84.5 cm³/mol. The summed E-state index contributed by atoms with van der Waals surface area (Å²) in [4.78, 5) is 12.2. The smallest absolute Gasteiger partial charge is 0.435 e. The van der Waals surface area contributed by atoms with E-state index in [4.69, 9.17) is 4.74 Å². The minimum absolute atomic E-state index is 0.133. The number of halogens is 3. The first-order valence-corrected chi connectivity index (χ1v) is 7.96. The fraction of sp³-hybridized carbons (Fsp3) is 0.412. The van der Waals surface area contributed by atoms with Crippen LogP contribution in [0.5, 0.6) is 5.75 Å². The zero-order valence-corrected chi connectivity index (χ0v) is 13.6. The highest BCUT2D eigenvalue weighted by molar-refractivity contribution is 5.96. The molecule has 3 rings (SSSR count). The molecule has 1 N–H and O–H groups in total. The summed E-state index contributed by atoms with van der Waals surface area (Å²) in [7, 11) is 1.47. The third kappa shape index (κ3) is 3.94. The first-order chi connectivity index (χ1) is 11.9. The number of alkyl halides is 3.